The van der Waals surface area contributed by atoms with Gasteiger partial charge in [-0.05, 0) is 10.8 Å². The van der Waals surface area contributed by atoms with E-state index in [-0.39, 0.29) is 11.4 Å². The average Bonchev–Trinajstić information content (AvgIpc) is 1.96. The van der Waals surface area contributed by atoms with Gasteiger partial charge in [-0.25, -0.2) is 0 Å². The number of hydrogen-bond donors (Lipinski definition) is 0. The van der Waals surface area contributed by atoms with Gasteiger partial charge in [-0.1, -0.05) is 26.8 Å². The molecule has 0 aliphatic carbocycles. The van der Waals surface area contributed by atoms with Gasteiger partial charge in [0.25, 0.3) is 0 Å². The molecule has 0 heterocycles. The lowest BCUT2D eigenvalue weighted by atomic mass is 9.98. The highest BCUT2D eigenvalue weighted by Gasteiger charge is 2.03. The Morgan fingerprint density at radius 3 is 2.50 bits per heavy atom. The average molecular weight is 188 g/mol. The van der Waals surface area contributed by atoms with E-state index < -0.39 is 0 Å². The number of carbonyl (C=O) groups is 1. The van der Waals surface area contributed by atoms with Crippen molar-refractivity contribution >= 4 is 17.7 Å². The van der Waals surface area contributed by atoms with Crippen LogP contribution in [0.2, 0.25) is 0 Å². The van der Waals surface area contributed by atoms with E-state index >= 15 is 0 Å². The van der Waals surface area contributed by atoms with Gasteiger partial charge in [-0.15, -0.1) is 11.8 Å². The summed E-state index contributed by atoms with van der Waals surface area (Å²) in [6.45, 7) is 6.34. The number of hydrogen-bond acceptors (Lipinski definition) is 3. The minimum Gasteiger partial charge on any atom is -0.468 e. The Labute approximate surface area is 78.4 Å². The van der Waals surface area contributed by atoms with Crippen molar-refractivity contribution in [2.75, 3.05) is 12.9 Å². The zero-order valence-corrected chi connectivity index (χ0v) is 8.90. The standard InChI is InChI=1S/C9H16O2S/c1-9(2,3)5-6-12-7-8(10)11-4/h5-6H,7H2,1-4H3/b6-5+. The van der Waals surface area contributed by atoms with Crippen LogP contribution in [0, 0.1) is 5.41 Å². The van der Waals surface area contributed by atoms with Crippen LogP contribution in [0.15, 0.2) is 11.5 Å². The highest BCUT2D eigenvalue weighted by molar-refractivity contribution is 8.02. The first kappa shape index (κ1) is 11.6. The number of ether oxygens (including phenoxy) is 1. The van der Waals surface area contributed by atoms with Crippen LogP contribution >= 0.6 is 11.8 Å². The predicted octanol–water partition coefficient (Wildman–Crippen LogP) is 2.45. The molecule has 0 saturated carbocycles. The largest absolute Gasteiger partial charge is 0.468 e. The summed E-state index contributed by atoms with van der Waals surface area (Å²) in [5.74, 6) is 0.210. The summed E-state index contributed by atoms with van der Waals surface area (Å²) >= 11 is 1.46. The molecule has 0 unspecified atom stereocenters. The summed E-state index contributed by atoms with van der Waals surface area (Å²) in [6.07, 6.45) is 2.07. The molecule has 0 aromatic rings. The topological polar surface area (TPSA) is 26.3 Å². The Bertz CT molecular complexity index is 168. The molecule has 12 heavy (non-hydrogen) atoms. The molecule has 0 radical (unpaired) electrons. The van der Waals surface area contributed by atoms with E-state index in [9.17, 15) is 4.79 Å². The number of allylic oxidation sites excluding steroid dienone is 1. The first-order valence-electron chi connectivity index (χ1n) is 3.82. The molecular formula is C9H16O2S. The Hall–Kier alpha value is -0.440. The smallest absolute Gasteiger partial charge is 0.315 e. The van der Waals surface area contributed by atoms with Gasteiger partial charge in [0.15, 0.2) is 0 Å². The zero-order valence-electron chi connectivity index (χ0n) is 8.09. The molecule has 0 amide bonds. The van der Waals surface area contributed by atoms with Gasteiger partial charge in [-0.2, -0.15) is 0 Å². The lowest BCUT2D eigenvalue weighted by Crippen LogP contribution is -2.02. The van der Waals surface area contributed by atoms with E-state index in [0.29, 0.717) is 5.75 Å². The van der Waals surface area contributed by atoms with Crippen LogP contribution in [0.3, 0.4) is 0 Å². The third kappa shape index (κ3) is 7.66. The summed E-state index contributed by atoms with van der Waals surface area (Å²) in [4.78, 5) is 10.7. The Kier molecular flexibility index (Phi) is 5.06. The van der Waals surface area contributed by atoms with Crippen LogP contribution in [0.25, 0.3) is 0 Å². The van der Waals surface area contributed by atoms with Gasteiger partial charge in [0.1, 0.15) is 0 Å². The molecule has 0 bridgehead atoms. The molecule has 0 aliphatic heterocycles. The minimum atomic E-state index is -0.182. The summed E-state index contributed by atoms with van der Waals surface area (Å²) in [5, 5.41) is 1.94. The molecular weight excluding hydrogens is 172 g/mol. The molecule has 0 atom stereocenters. The maximum absolute atomic E-state index is 10.7. The van der Waals surface area contributed by atoms with Crippen molar-refractivity contribution in [3.63, 3.8) is 0 Å². The highest BCUT2D eigenvalue weighted by Crippen LogP contribution is 2.17. The Morgan fingerprint density at radius 2 is 2.08 bits per heavy atom. The molecule has 2 nitrogen and oxygen atoms in total. The molecule has 0 aromatic carbocycles. The summed E-state index contributed by atoms with van der Waals surface area (Å²) < 4.78 is 4.49. The van der Waals surface area contributed by atoms with Crippen LogP contribution < -0.4 is 0 Å². The van der Waals surface area contributed by atoms with Crippen LogP contribution in [-0.2, 0) is 9.53 Å². The molecule has 0 fully saturated rings. The van der Waals surface area contributed by atoms with Crippen molar-refractivity contribution in [1.29, 1.82) is 0 Å². The normalized spacial score (nSPS) is 12.0. The predicted molar refractivity (Wildman–Crippen MR) is 53.1 cm³/mol. The number of thioether (sulfide) groups is 1. The van der Waals surface area contributed by atoms with Crippen LogP contribution in [-0.4, -0.2) is 18.8 Å². The molecule has 0 aromatic heterocycles. The second-order valence-corrected chi connectivity index (χ2v) is 4.45. The number of methoxy groups -OCH3 is 1. The fraction of sp³-hybridized carbons (Fsp3) is 0.667. The molecule has 70 valence electrons. The molecule has 0 N–H and O–H groups in total. The third-order valence-corrected chi connectivity index (χ3v) is 1.82. The lowest BCUT2D eigenvalue weighted by molar-refractivity contribution is -0.137. The number of rotatable bonds is 3. The second kappa shape index (κ2) is 5.25. The number of esters is 1. The summed E-state index contributed by atoms with van der Waals surface area (Å²) in [7, 11) is 1.40. The van der Waals surface area contributed by atoms with Gasteiger partial charge in [0.05, 0.1) is 12.9 Å². The summed E-state index contributed by atoms with van der Waals surface area (Å²) in [5.41, 5.74) is 0.184. The fourth-order valence-electron chi connectivity index (χ4n) is 0.427. The van der Waals surface area contributed by atoms with Crippen LogP contribution in [0.5, 0.6) is 0 Å². The van der Waals surface area contributed by atoms with Gasteiger partial charge < -0.3 is 4.74 Å². The Balaban J connectivity index is 3.56. The third-order valence-electron chi connectivity index (χ3n) is 1.09. The van der Waals surface area contributed by atoms with Crippen molar-refractivity contribution in [1.82, 2.24) is 0 Å². The second-order valence-electron chi connectivity index (χ2n) is 3.56. The van der Waals surface area contributed by atoms with E-state index in [1.54, 1.807) is 0 Å². The maximum Gasteiger partial charge on any atom is 0.315 e. The van der Waals surface area contributed by atoms with Crippen molar-refractivity contribution in [2.24, 2.45) is 5.41 Å². The molecule has 0 spiro atoms. The van der Waals surface area contributed by atoms with E-state index in [0.717, 1.165) is 0 Å². The minimum absolute atomic E-state index is 0.182. The van der Waals surface area contributed by atoms with Crippen molar-refractivity contribution < 1.29 is 9.53 Å². The van der Waals surface area contributed by atoms with E-state index in [2.05, 4.69) is 31.6 Å². The van der Waals surface area contributed by atoms with E-state index in [1.807, 2.05) is 5.41 Å². The van der Waals surface area contributed by atoms with Crippen LogP contribution in [0.1, 0.15) is 20.8 Å². The van der Waals surface area contributed by atoms with Crippen LogP contribution in [0.4, 0.5) is 0 Å². The van der Waals surface area contributed by atoms with E-state index in [1.165, 1.54) is 18.9 Å². The first-order chi connectivity index (χ1) is 5.45. The molecule has 0 rings (SSSR count). The van der Waals surface area contributed by atoms with Crippen molar-refractivity contribution in [2.45, 2.75) is 20.8 Å². The Morgan fingerprint density at radius 1 is 1.50 bits per heavy atom. The van der Waals surface area contributed by atoms with Gasteiger partial charge >= 0.3 is 5.97 Å². The quantitative estimate of drug-likeness (QED) is 0.636. The highest BCUT2D eigenvalue weighted by atomic mass is 32.2. The van der Waals surface area contributed by atoms with E-state index in [4.69, 9.17) is 0 Å². The molecule has 0 aliphatic rings. The van der Waals surface area contributed by atoms with Gasteiger partial charge in [0.2, 0.25) is 0 Å². The monoisotopic (exact) mass is 188 g/mol. The fourth-order valence-corrected chi connectivity index (χ4v) is 1.28. The number of carbonyl (C=O) groups excluding carboxylic acids is 1. The van der Waals surface area contributed by atoms with Crippen molar-refractivity contribution in [3.8, 4) is 0 Å². The molecule has 0 saturated heterocycles. The zero-order chi connectivity index (χ0) is 9.61. The van der Waals surface area contributed by atoms with Gasteiger partial charge in [0, 0.05) is 0 Å². The maximum atomic E-state index is 10.7. The lowest BCUT2D eigenvalue weighted by Gasteiger charge is -2.10. The summed E-state index contributed by atoms with van der Waals surface area (Å²) in [6, 6.07) is 0. The van der Waals surface area contributed by atoms with Gasteiger partial charge in [-0.3, -0.25) is 4.79 Å². The first-order valence-corrected chi connectivity index (χ1v) is 4.87. The van der Waals surface area contributed by atoms with Crippen molar-refractivity contribution in [3.05, 3.63) is 11.5 Å². The SMILES string of the molecule is COC(=O)CS/C=C/C(C)(C)C. The molecule has 3 heteroatoms.